The molecule has 0 aromatic rings. The van der Waals surface area contributed by atoms with Crippen LogP contribution in [0.3, 0.4) is 0 Å². The lowest BCUT2D eigenvalue weighted by Crippen LogP contribution is -2.35. The van der Waals surface area contributed by atoms with E-state index in [-0.39, 0.29) is 60.6 Å². The van der Waals surface area contributed by atoms with Gasteiger partial charge in [0.2, 0.25) is 0 Å². The van der Waals surface area contributed by atoms with Gasteiger partial charge in [-0.2, -0.15) is 0 Å². The third kappa shape index (κ3) is 15.4. The molecule has 3 rings (SSSR count). The van der Waals surface area contributed by atoms with Gasteiger partial charge in [-0.1, -0.05) is 90.4 Å². The topological polar surface area (TPSA) is 97.4 Å². The molecule has 3 aliphatic rings. The summed E-state index contributed by atoms with van der Waals surface area (Å²) in [4.78, 5) is 35.5. The zero-order chi connectivity index (χ0) is 33.9. The number of esters is 3. The molecule has 0 saturated carbocycles. The van der Waals surface area contributed by atoms with E-state index in [2.05, 4.69) is 6.92 Å². The summed E-state index contributed by atoms with van der Waals surface area (Å²) in [5.41, 5.74) is 0.842. The summed E-state index contributed by atoms with van der Waals surface area (Å²) in [5.74, 6) is -0.627. The number of unbranched alkanes of at least 4 members (excludes halogenated alkanes) is 14. The summed E-state index contributed by atoms with van der Waals surface area (Å²) < 4.78 is 29.7. The predicted molar refractivity (Wildman–Crippen MR) is 184 cm³/mol. The summed E-state index contributed by atoms with van der Waals surface area (Å²) in [7, 11) is 0. The standard InChI is InChI=1S/C39H66O8/c1-5-6-7-8-9-13-16-19-22-33(44-30(3)40)35-24-26-37(46-35)38-27-25-36(47-38)34(45-31(4)41)23-20-17-14-11-10-12-15-18-21-32-28-29(2)43-39(32)42/h28-29,33-38H,5-27H2,1-4H3/t29-,33+,34-,35+,36+,37+,38+/m0/s1. The Morgan fingerprint density at radius 3 is 1.51 bits per heavy atom. The fourth-order valence-corrected chi connectivity index (χ4v) is 7.56. The van der Waals surface area contributed by atoms with Gasteiger partial charge in [0, 0.05) is 19.4 Å². The van der Waals surface area contributed by atoms with Crippen LogP contribution in [-0.2, 0) is 38.1 Å². The summed E-state index contributed by atoms with van der Waals surface area (Å²) >= 11 is 0. The number of hydrogen-bond donors (Lipinski definition) is 0. The molecular formula is C39H66O8. The Labute approximate surface area is 285 Å². The van der Waals surface area contributed by atoms with E-state index >= 15 is 0 Å². The van der Waals surface area contributed by atoms with E-state index in [4.69, 9.17) is 23.7 Å². The van der Waals surface area contributed by atoms with Crippen LogP contribution in [0.1, 0.15) is 175 Å². The molecule has 0 spiro atoms. The second-order valence-corrected chi connectivity index (χ2v) is 14.3. The third-order valence-electron chi connectivity index (χ3n) is 10.1. The first-order valence-electron chi connectivity index (χ1n) is 19.3. The number of ether oxygens (including phenoxy) is 5. The lowest BCUT2D eigenvalue weighted by Gasteiger charge is -2.27. The van der Waals surface area contributed by atoms with Gasteiger partial charge in [0.05, 0.1) is 24.4 Å². The Kier molecular flexibility index (Phi) is 19.0. The van der Waals surface area contributed by atoms with E-state index < -0.39 is 0 Å². The van der Waals surface area contributed by atoms with Gasteiger partial charge in [-0.05, 0) is 77.2 Å². The molecule has 8 nitrogen and oxygen atoms in total. The number of carbonyl (C=O) groups is 3. The van der Waals surface area contributed by atoms with Gasteiger partial charge in [0.25, 0.3) is 0 Å². The molecule has 0 aromatic heterocycles. The van der Waals surface area contributed by atoms with Crippen molar-refractivity contribution in [3.05, 3.63) is 11.6 Å². The van der Waals surface area contributed by atoms with Crippen LogP contribution < -0.4 is 0 Å². The van der Waals surface area contributed by atoms with Crippen molar-refractivity contribution in [3.63, 3.8) is 0 Å². The molecule has 2 fully saturated rings. The van der Waals surface area contributed by atoms with Crippen LogP contribution in [0.4, 0.5) is 0 Å². The Morgan fingerprint density at radius 1 is 0.681 bits per heavy atom. The van der Waals surface area contributed by atoms with Gasteiger partial charge >= 0.3 is 17.9 Å². The molecule has 270 valence electrons. The summed E-state index contributed by atoms with van der Waals surface area (Å²) in [5, 5.41) is 0. The van der Waals surface area contributed by atoms with Crippen molar-refractivity contribution in [2.75, 3.05) is 0 Å². The number of hydrogen-bond acceptors (Lipinski definition) is 8. The Morgan fingerprint density at radius 2 is 1.11 bits per heavy atom. The van der Waals surface area contributed by atoms with E-state index in [1.54, 1.807) is 0 Å². The normalized spacial score (nSPS) is 25.4. The number of cyclic esters (lactones) is 1. The van der Waals surface area contributed by atoms with Crippen molar-refractivity contribution in [2.45, 2.75) is 218 Å². The van der Waals surface area contributed by atoms with Crippen LogP contribution >= 0.6 is 0 Å². The van der Waals surface area contributed by atoms with Gasteiger partial charge in [0.1, 0.15) is 18.3 Å². The van der Waals surface area contributed by atoms with Crippen molar-refractivity contribution in [2.24, 2.45) is 0 Å². The highest BCUT2D eigenvalue weighted by Gasteiger charge is 2.42. The number of carbonyl (C=O) groups excluding carboxylic acids is 3. The van der Waals surface area contributed by atoms with E-state index in [0.29, 0.717) is 0 Å². The van der Waals surface area contributed by atoms with Gasteiger partial charge in [-0.3, -0.25) is 9.59 Å². The summed E-state index contributed by atoms with van der Waals surface area (Å²) in [6.07, 6.45) is 26.4. The minimum atomic E-state index is -0.250. The molecule has 3 heterocycles. The molecule has 8 heteroatoms. The summed E-state index contributed by atoms with van der Waals surface area (Å²) in [6.45, 7) is 7.13. The molecule has 0 unspecified atom stereocenters. The Hall–Kier alpha value is -1.93. The smallest absolute Gasteiger partial charge is 0.334 e. The molecule has 0 aliphatic carbocycles. The second kappa shape index (κ2) is 22.7. The molecule has 47 heavy (non-hydrogen) atoms. The van der Waals surface area contributed by atoms with Crippen molar-refractivity contribution in [3.8, 4) is 0 Å². The fraction of sp³-hybridized carbons (Fsp3) is 0.872. The first-order chi connectivity index (χ1) is 22.8. The minimum Gasteiger partial charge on any atom is -0.460 e. The Bertz CT molecular complexity index is 947. The largest absolute Gasteiger partial charge is 0.460 e. The molecular weight excluding hydrogens is 596 g/mol. The maximum absolute atomic E-state index is 11.9. The molecule has 0 bridgehead atoms. The lowest BCUT2D eigenvalue weighted by molar-refractivity contribution is -0.164. The molecule has 0 amide bonds. The average Bonchev–Trinajstić information content (AvgIpc) is 3.78. The van der Waals surface area contributed by atoms with Crippen LogP contribution in [0.25, 0.3) is 0 Å². The van der Waals surface area contributed by atoms with Crippen molar-refractivity contribution >= 4 is 17.9 Å². The average molecular weight is 663 g/mol. The highest BCUT2D eigenvalue weighted by molar-refractivity contribution is 5.90. The Balaban J connectivity index is 1.30. The van der Waals surface area contributed by atoms with E-state index in [0.717, 1.165) is 82.6 Å². The van der Waals surface area contributed by atoms with Gasteiger partial charge in [0.15, 0.2) is 0 Å². The maximum Gasteiger partial charge on any atom is 0.334 e. The zero-order valence-corrected chi connectivity index (χ0v) is 30.1. The van der Waals surface area contributed by atoms with Crippen LogP contribution in [0.15, 0.2) is 11.6 Å². The van der Waals surface area contributed by atoms with E-state index in [9.17, 15) is 14.4 Å². The van der Waals surface area contributed by atoms with Crippen LogP contribution in [-0.4, -0.2) is 60.6 Å². The SMILES string of the molecule is CCCCCCCCCC[C@@H](OC(C)=O)[C@H]1CC[C@H]([C@H]2CC[C@H]([C@H](CCCCCCCCCCC3=C[C@H](C)OC3=O)OC(C)=O)O2)O1. The highest BCUT2D eigenvalue weighted by atomic mass is 16.6. The molecule has 0 aromatic carbocycles. The van der Waals surface area contributed by atoms with Gasteiger partial charge in [-0.15, -0.1) is 0 Å². The minimum absolute atomic E-state index is 0.00752. The molecule has 7 atom stereocenters. The van der Waals surface area contributed by atoms with Crippen molar-refractivity contribution in [1.29, 1.82) is 0 Å². The van der Waals surface area contributed by atoms with E-state index in [1.165, 1.54) is 84.5 Å². The fourth-order valence-electron chi connectivity index (χ4n) is 7.56. The van der Waals surface area contributed by atoms with Crippen LogP contribution in [0.5, 0.6) is 0 Å². The monoisotopic (exact) mass is 662 g/mol. The third-order valence-corrected chi connectivity index (χ3v) is 10.1. The summed E-state index contributed by atoms with van der Waals surface area (Å²) in [6, 6.07) is 0. The quantitative estimate of drug-likeness (QED) is 0.0542. The second-order valence-electron chi connectivity index (χ2n) is 14.3. The first-order valence-corrected chi connectivity index (χ1v) is 19.3. The lowest BCUT2D eigenvalue weighted by atomic mass is 10.00. The maximum atomic E-state index is 11.9. The molecule has 3 aliphatic heterocycles. The highest BCUT2D eigenvalue weighted by Crippen LogP contribution is 2.36. The van der Waals surface area contributed by atoms with E-state index in [1.807, 2.05) is 13.0 Å². The molecule has 0 N–H and O–H groups in total. The first kappa shape index (κ1) is 39.5. The van der Waals surface area contributed by atoms with Crippen LogP contribution in [0, 0.1) is 0 Å². The van der Waals surface area contributed by atoms with Crippen molar-refractivity contribution < 1.29 is 38.1 Å². The van der Waals surface area contributed by atoms with Gasteiger partial charge < -0.3 is 23.7 Å². The van der Waals surface area contributed by atoms with Crippen molar-refractivity contribution in [1.82, 2.24) is 0 Å². The predicted octanol–water partition coefficient (Wildman–Crippen LogP) is 9.25. The van der Waals surface area contributed by atoms with Gasteiger partial charge in [-0.25, -0.2) is 4.79 Å². The number of rotatable bonds is 25. The zero-order valence-electron chi connectivity index (χ0n) is 30.1. The molecule has 0 radical (unpaired) electrons. The van der Waals surface area contributed by atoms with Crippen LogP contribution in [0.2, 0.25) is 0 Å². The molecule has 2 saturated heterocycles.